The van der Waals surface area contributed by atoms with E-state index in [4.69, 9.17) is 0 Å². The Kier molecular flexibility index (Phi) is 3.21. The Balaban J connectivity index is 1.79. The molecule has 2 aromatic rings. The summed E-state index contributed by atoms with van der Waals surface area (Å²) in [5, 5.41) is 5.38. The fourth-order valence-corrected chi connectivity index (χ4v) is 1.72. The van der Waals surface area contributed by atoms with Crippen LogP contribution in [0.4, 0.5) is 0 Å². The van der Waals surface area contributed by atoms with Crippen molar-refractivity contribution in [3.63, 3.8) is 0 Å². The van der Waals surface area contributed by atoms with Gasteiger partial charge in [0.25, 0.3) is 0 Å². The van der Waals surface area contributed by atoms with Gasteiger partial charge in [-0.15, -0.1) is 11.3 Å². The van der Waals surface area contributed by atoms with Crippen molar-refractivity contribution in [2.45, 2.75) is 13.1 Å². The lowest BCUT2D eigenvalue weighted by Crippen LogP contribution is -2.12. The first-order valence-electron chi connectivity index (χ1n) is 4.42. The maximum Gasteiger partial charge on any atom is 0.0795 e. The number of aromatic nitrogens is 2. The Bertz CT molecular complexity index is 358. The summed E-state index contributed by atoms with van der Waals surface area (Å²) >= 11 is 1.62. The highest BCUT2D eigenvalue weighted by molar-refractivity contribution is 7.07. The van der Waals surface area contributed by atoms with E-state index in [9.17, 15) is 0 Å². The van der Waals surface area contributed by atoms with E-state index in [1.807, 2.05) is 17.6 Å². The van der Waals surface area contributed by atoms with E-state index in [0.717, 1.165) is 18.8 Å². The van der Waals surface area contributed by atoms with Crippen LogP contribution in [0.15, 0.2) is 35.4 Å². The van der Waals surface area contributed by atoms with Gasteiger partial charge < -0.3 is 5.32 Å². The van der Waals surface area contributed by atoms with E-state index >= 15 is 0 Å². The summed E-state index contributed by atoms with van der Waals surface area (Å²) < 4.78 is 0. The van der Waals surface area contributed by atoms with Crippen molar-refractivity contribution >= 4 is 11.3 Å². The topological polar surface area (TPSA) is 37.8 Å². The largest absolute Gasteiger partial charge is 0.307 e. The van der Waals surface area contributed by atoms with Gasteiger partial charge in [0.15, 0.2) is 0 Å². The second-order valence-corrected chi connectivity index (χ2v) is 3.66. The van der Waals surface area contributed by atoms with Crippen molar-refractivity contribution in [3.8, 4) is 0 Å². The van der Waals surface area contributed by atoms with E-state index in [1.165, 1.54) is 5.56 Å². The minimum atomic E-state index is 0.825. The van der Waals surface area contributed by atoms with Gasteiger partial charge in [0.05, 0.1) is 11.2 Å². The van der Waals surface area contributed by atoms with E-state index < -0.39 is 0 Å². The van der Waals surface area contributed by atoms with Gasteiger partial charge >= 0.3 is 0 Å². The molecule has 0 fully saturated rings. The zero-order valence-electron chi connectivity index (χ0n) is 7.68. The molecule has 0 aliphatic carbocycles. The predicted molar refractivity (Wildman–Crippen MR) is 56.9 cm³/mol. The fraction of sp³-hybridized carbons (Fsp3) is 0.200. The molecule has 0 aliphatic rings. The summed E-state index contributed by atoms with van der Waals surface area (Å²) in [6.45, 7) is 1.69. The van der Waals surface area contributed by atoms with E-state index in [1.54, 1.807) is 23.7 Å². The van der Waals surface area contributed by atoms with Gasteiger partial charge in [-0.05, 0) is 17.7 Å². The third-order valence-electron chi connectivity index (χ3n) is 1.87. The Hall–Kier alpha value is -1.26. The summed E-state index contributed by atoms with van der Waals surface area (Å²) in [5.74, 6) is 0. The van der Waals surface area contributed by atoms with Crippen LogP contribution in [0.3, 0.4) is 0 Å². The molecule has 72 valence electrons. The van der Waals surface area contributed by atoms with E-state index in [0.29, 0.717) is 0 Å². The Morgan fingerprint density at radius 2 is 2.07 bits per heavy atom. The average molecular weight is 205 g/mol. The first-order valence-corrected chi connectivity index (χ1v) is 5.36. The molecule has 0 unspecified atom stereocenters. The van der Waals surface area contributed by atoms with Crippen molar-refractivity contribution in [1.29, 1.82) is 0 Å². The van der Waals surface area contributed by atoms with E-state index in [-0.39, 0.29) is 0 Å². The van der Waals surface area contributed by atoms with Gasteiger partial charge in [-0.2, -0.15) is 0 Å². The molecule has 0 spiro atoms. The average Bonchev–Trinajstić information content (AvgIpc) is 2.72. The first-order chi connectivity index (χ1) is 6.95. The molecule has 1 N–H and O–H groups in total. The summed E-state index contributed by atoms with van der Waals surface area (Å²) in [4.78, 5) is 8.16. The maximum atomic E-state index is 4.19. The lowest BCUT2D eigenvalue weighted by molar-refractivity contribution is 0.682. The van der Waals surface area contributed by atoms with Crippen molar-refractivity contribution in [2.24, 2.45) is 0 Å². The van der Waals surface area contributed by atoms with Crippen LogP contribution in [-0.2, 0) is 13.1 Å². The highest BCUT2D eigenvalue weighted by Crippen LogP contribution is 2.01. The molecule has 0 aliphatic heterocycles. The van der Waals surface area contributed by atoms with Gasteiger partial charge in [-0.1, -0.05) is 0 Å². The van der Waals surface area contributed by atoms with Crippen LogP contribution in [0.5, 0.6) is 0 Å². The lowest BCUT2D eigenvalue weighted by Gasteiger charge is -2.01. The van der Waals surface area contributed by atoms with Gasteiger partial charge in [0, 0.05) is 30.9 Å². The molecule has 2 rings (SSSR count). The minimum absolute atomic E-state index is 0.825. The van der Waals surface area contributed by atoms with Crippen LogP contribution < -0.4 is 5.32 Å². The summed E-state index contributed by atoms with van der Waals surface area (Å²) in [7, 11) is 0. The van der Waals surface area contributed by atoms with Crippen LogP contribution in [0.25, 0.3) is 0 Å². The van der Waals surface area contributed by atoms with Crippen molar-refractivity contribution in [1.82, 2.24) is 15.3 Å². The van der Waals surface area contributed by atoms with Crippen molar-refractivity contribution in [3.05, 3.63) is 46.7 Å². The molecule has 14 heavy (non-hydrogen) atoms. The molecule has 2 aromatic heterocycles. The first kappa shape index (κ1) is 9.30. The highest BCUT2D eigenvalue weighted by atomic mass is 32.1. The molecule has 0 saturated carbocycles. The molecule has 0 aromatic carbocycles. The van der Waals surface area contributed by atoms with Gasteiger partial charge in [-0.25, -0.2) is 4.98 Å². The molecular formula is C10H11N3S. The van der Waals surface area contributed by atoms with Gasteiger partial charge in [-0.3, -0.25) is 4.98 Å². The number of nitrogens with one attached hydrogen (secondary N) is 1. The SMILES string of the molecule is c1cc(CNCc2cscn2)ccn1. The number of thiazole rings is 1. The molecule has 0 radical (unpaired) electrons. The highest BCUT2D eigenvalue weighted by Gasteiger charge is 1.94. The number of hydrogen-bond acceptors (Lipinski definition) is 4. The molecule has 0 amide bonds. The number of hydrogen-bond donors (Lipinski definition) is 1. The van der Waals surface area contributed by atoms with Crippen LogP contribution in [-0.4, -0.2) is 9.97 Å². The summed E-state index contributed by atoms with van der Waals surface area (Å²) in [5.41, 5.74) is 4.20. The number of pyridine rings is 1. The van der Waals surface area contributed by atoms with E-state index in [2.05, 4.69) is 20.7 Å². The van der Waals surface area contributed by atoms with Crippen molar-refractivity contribution < 1.29 is 0 Å². The Morgan fingerprint density at radius 1 is 1.21 bits per heavy atom. The van der Waals surface area contributed by atoms with Crippen LogP contribution in [0, 0.1) is 0 Å². The number of nitrogens with zero attached hydrogens (tertiary/aromatic N) is 2. The predicted octanol–water partition coefficient (Wildman–Crippen LogP) is 1.83. The normalized spacial score (nSPS) is 10.3. The molecule has 0 atom stereocenters. The maximum absolute atomic E-state index is 4.19. The molecule has 0 saturated heterocycles. The van der Waals surface area contributed by atoms with Gasteiger partial charge in [0.1, 0.15) is 0 Å². The molecule has 3 nitrogen and oxygen atoms in total. The zero-order valence-corrected chi connectivity index (χ0v) is 8.50. The second-order valence-electron chi connectivity index (χ2n) is 2.94. The second kappa shape index (κ2) is 4.83. The summed E-state index contributed by atoms with van der Waals surface area (Å²) in [6, 6.07) is 4.02. The third kappa shape index (κ3) is 2.61. The van der Waals surface area contributed by atoms with Crippen LogP contribution in [0.1, 0.15) is 11.3 Å². The number of rotatable bonds is 4. The third-order valence-corrected chi connectivity index (χ3v) is 2.50. The molecular weight excluding hydrogens is 194 g/mol. The Morgan fingerprint density at radius 3 is 2.79 bits per heavy atom. The fourth-order valence-electron chi connectivity index (χ4n) is 1.16. The standard InChI is InChI=1S/C10H11N3S/c1-3-11-4-2-9(1)5-12-6-10-7-14-8-13-10/h1-4,7-8,12H,5-6H2. The minimum Gasteiger partial charge on any atom is -0.307 e. The van der Waals surface area contributed by atoms with Crippen LogP contribution >= 0.6 is 11.3 Å². The lowest BCUT2D eigenvalue weighted by atomic mass is 10.3. The molecule has 2 heterocycles. The quantitative estimate of drug-likeness (QED) is 0.827. The smallest absolute Gasteiger partial charge is 0.0795 e. The van der Waals surface area contributed by atoms with Crippen LogP contribution in [0.2, 0.25) is 0 Å². The Labute approximate surface area is 86.8 Å². The summed E-state index contributed by atoms with van der Waals surface area (Å²) in [6.07, 6.45) is 3.61. The zero-order chi connectivity index (χ0) is 9.64. The van der Waals surface area contributed by atoms with Gasteiger partial charge in [0.2, 0.25) is 0 Å². The monoisotopic (exact) mass is 205 g/mol. The van der Waals surface area contributed by atoms with Crippen molar-refractivity contribution in [2.75, 3.05) is 0 Å². The molecule has 4 heteroatoms. The molecule has 0 bridgehead atoms.